The van der Waals surface area contributed by atoms with Gasteiger partial charge in [0, 0.05) is 13.1 Å². The fraction of sp³-hybridized carbons (Fsp3) is 0.625. The van der Waals surface area contributed by atoms with E-state index in [1.54, 1.807) is 6.92 Å². The standard InChI is InChI=1S/C8H13BrN4O4S/c1-5(4-6(14)17-3)11-18(15,16)8-7(9)10-12-13(8)2/h5,11H,4H2,1-3H3. The van der Waals surface area contributed by atoms with Gasteiger partial charge in [0.2, 0.25) is 5.03 Å². The first kappa shape index (κ1) is 15.1. The number of carbonyl (C=O) groups excluding carboxylic acids is 1. The molecule has 1 aromatic heterocycles. The Kier molecular flexibility index (Phi) is 4.82. The number of hydrogen-bond acceptors (Lipinski definition) is 6. The van der Waals surface area contributed by atoms with Crippen molar-refractivity contribution in [3.05, 3.63) is 4.60 Å². The van der Waals surface area contributed by atoms with Gasteiger partial charge in [0.1, 0.15) is 0 Å². The number of aromatic nitrogens is 3. The van der Waals surface area contributed by atoms with Gasteiger partial charge in [-0.25, -0.2) is 17.8 Å². The smallest absolute Gasteiger partial charge is 0.307 e. The first-order valence-electron chi connectivity index (χ1n) is 4.92. The fourth-order valence-corrected chi connectivity index (χ4v) is 3.64. The van der Waals surface area contributed by atoms with Crippen LogP contribution in [0.15, 0.2) is 9.63 Å². The lowest BCUT2D eigenvalue weighted by Crippen LogP contribution is -2.35. The Morgan fingerprint density at radius 3 is 2.67 bits per heavy atom. The molecule has 0 aliphatic rings. The summed E-state index contributed by atoms with van der Waals surface area (Å²) in [5.74, 6) is -0.493. The molecule has 0 fully saturated rings. The minimum Gasteiger partial charge on any atom is -0.469 e. The number of hydrogen-bond donors (Lipinski definition) is 1. The zero-order chi connectivity index (χ0) is 13.9. The van der Waals surface area contributed by atoms with Gasteiger partial charge in [-0.15, -0.1) is 5.10 Å². The summed E-state index contributed by atoms with van der Waals surface area (Å²) in [6.45, 7) is 1.56. The summed E-state index contributed by atoms with van der Waals surface area (Å²) in [6.07, 6.45) is -0.0569. The average molecular weight is 341 g/mol. The maximum Gasteiger partial charge on any atom is 0.307 e. The van der Waals surface area contributed by atoms with Crippen LogP contribution >= 0.6 is 15.9 Å². The summed E-state index contributed by atoms with van der Waals surface area (Å²) in [4.78, 5) is 11.0. The first-order valence-corrected chi connectivity index (χ1v) is 7.20. The van der Waals surface area contributed by atoms with E-state index >= 15 is 0 Å². The third-order valence-corrected chi connectivity index (χ3v) is 4.52. The molecule has 0 aliphatic carbocycles. The normalized spacial score (nSPS) is 13.3. The molecule has 1 N–H and O–H groups in total. The van der Waals surface area contributed by atoms with Crippen LogP contribution in [0.3, 0.4) is 0 Å². The molecule has 0 aliphatic heterocycles. The lowest BCUT2D eigenvalue weighted by Gasteiger charge is -2.12. The topological polar surface area (TPSA) is 103 Å². The molecule has 1 unspecified atom stereocenters. The van der Waals surface area contributed by atoms with Gasteiger partial charge in [-0.2, -0.15) is 0 Å². The molecule has 8 nitrogen and oxygen atoms in total. The molecule has 0 amide bonds. The van der Waals surface area contributed by atoms with E-state index in [1.807, 2.05) is 0 Å². The molecule has 10 heteroatoms. The Morgan fingerprint density at radius 2 is 2.22 bits per heavy atom. The summed E-state index contributed by atoms with van der Waals surface area (Å²) < 4.78 is 32.1. The number of ether oxygens (including phenoxy) is 1. The number of nitrogens with zero attached hydrogens (tertiary/aromatic N) is 3. The minimum atomic E-state index is -3.80. The molecule has 18 heavy (non-hydrogen) atoms. The van der Waals surface area contributed by atoms with Crippen molar-refractivity contribution in [1.82, 2.24) is 19.7 Å². The lowest BCUT2D eigenvalue weighted by molar-refractivity contribution is -0.140. The molecule has 0 saturated carbocycles. The third-order valence-electron chi connectivity index (χ3n) is 2.05. The van der Waals surface area contributed by atoms with Gasteiger partial charge in [0.05, 0.1) is 13.5 Å². The highest BCUT2D eigenvalue weighted by Crippen LogP contribution is 2.18. The number of halogens is 1. The van der Waals surface area contributed by atoms with Crippen molar-refractivity contribution in [2.45, 2.75) is 24.4 Å². The van der Waals surface area contributed by atoms with Crippen molar-refractivity contribution in [1.29, 1.82) is 0 Å². The summed E-state index contributed by atoms with van der Waals surface area (Å²) in [6, 6.07) is -0.593. The molecule has 1 heterocycles. The predicted molar refractivity (Wildman–Crippen MR) is 65.1 cm³/mol. The highest BCUT2D eigenvalue weighted by atomic mass is 79.9. The van der Waals surface area contributed by atoms with E-state index in [-0.39, 0.29) is 16.0 Å². The Labute approximate surface area is 113 Å². The van der Waals surface area contributed by atoms with Crippen LogP contribution in [0.2, 0.25) is 0 Å². The van der Waals surface area contributed by atoms with Crippen molar-refractivity contribution in [3.63, 3.8) is 0 Å². The van der Waals surface area contributed by atoms with E-state index in [2.05, 4.69) is 35.7 Å². The van der Waals surface area contributed by atoms with E-state index < -0.39 is 22.0 Å². The summed E-state index contributed by atoms with van der Waals surface area (Å²) in [7, 11) is -1.10. The zero-order valence-corrected chi connectivity index (χ0v) is 12.4. The van der Waals surface area contributed by atoms with Gasteiger partial charge < -0.3 is 4.74 Å². The second-order valence-electron chi connectivity index (χ2n) is 3.61. The van der Waals surface area contributed by atoms with Crippen LogP contribution < -0.4 is 4.72 Å². The highest BCUT2D eigenvalue weighted by molar-refractivity contribution is 9.10. The first-order chi connectivity index (χ1) is 8.27. The molecule has 0 aromatic carbocycles. The van der Waals surface area contributed by atoms with E-state index in [0.29, 0.717) is 0 Å². The van der Waals surface area contributed by atoms with Crippen molar-refractivity contribution in [2.75, 3.05) is 7.11 Å². The van der Waals surface area contributed by atoms with E-state index in [9.17, 15) is 13.2 Å². The van der Waals surface area contributed by atoms with Crippen LogP contribution in [0, 0.1) is 0 Å². The predicted octanol–water partition coefficient (Wildman–Crippen LogP) is -0.193. The second kappa shape index (κ2) is 5.76. The molecule has 1 aromatic rings. The van der Waals surface area contributed by atoms with Crippen molar-refractivity contribution in [2.24, 2.45) is 7.05 Å². The van der Waals surface area contributed by atoms with Crippen LogP contribution in [0.25, 0.3) is 0 Å². The molecule has 0 saturated heterocycles. The number of nitrogens with one attached hydrogen (secondary N) is 1. The SMILES string of the molecule is COC(=O)CC(C)NS(=O)(=O)c1c(Br)nnn1C. The number of carbonyl (C=O) groups is 1. The van der Waals surface area contributed by atoms with Crippen LogP contribution in [-0.2, 0) is 26.6 Å². The quantitative estimate of drug-likeness (QED) is 0.745. The lowest BCUT2D eigenvalue weighted by atomic mass is 10.3. The Bertz CT molecular complexity index is 522. The Morgan fingerprint density at radius 1 is 1.61 bits per heavy atom. The molecule has 0 radical (unpaired) electrons. The third kappa shape index (κ3) is 3.50. The van der Waals surface area contributed by atoms with Crippen molar-refractivity contribution >= 4 is 31.9 Å². The summed E-state index contributed by atoms with van der Waals surface area (Å²) in [5, 5.41) is 7.06. The van der Waals surface area contributed by atoms with E-state index in [1.165, 1.54) is 14.2 Å². The Hall–Kier alpha value is -1.00. The van der Waals surface area contributed by atoms with Crippen LogP contribution in [0.1, 0.15) is 13.3 Å². The van der Waals surface area contributed by atoms with Gasteiger partial charge in [0.15, 0.2) is 4.60 Å². The molecule has 102 valence electrons. The molecule has 0 bridgehead atoms. The summed E-state index contributed by atoms with van der Waals surface area (Å²) >= 11 is 3.00. The second-order valence-corrected chi connectivity index (χ2v) is 5.99. The maximum atomic E-state index is 12.0. The maximum absolute atomic E-state index is 12.0. The van der Waals surface area contributed by atoms with Gasteiger partial charge in [-0.3, -0.25) is 4.79 Å². The fourth-order valence-electron chi connectivity index (χ4n) is 1.30. The van der Waals surface area contributed by atoms with Crippen LogP contribution in [0.4, 0.5) is 0 Å². The van der Waals surface area contributed by atoms with Crippen LogP contribution in [-0.4, -0.2) is 42.5 Å². The van der Waals surface area contributed by atoms with E-state index in [4.69, 9.17) is 0 Å². The van der Waals surface area contributed by atoms with Gasteiger partial charge in [0.25, 0.3) is 10.0 Å². The monoisotopic (exact) mass is 340 g/mol. The number of methoxy groups -OCH3 is 1. The largest absolute Gasteiger partial charge is 0.469 e. The van der Waals surface area contributed by atoms with Gasteiger partial charge in [-0.05, 0) is 22.9 Å². The number of sulfonamides is 1. The number of aryl methyl sites for hydroxylation is 1. The molecular weight excluding hydrogens is 328 g/mol. The minimum absolute atomic E-state index is 0.0569. The van der Waals surface area contributed by atoms with Crippen molar-refractivity contribution < 1.29 is 17.9 Å². The highest BCUT2D eigenvalue weighted by Gasteiger charge is 2.26. The number of esters is 1. The molecule has 0 spiro atoms. The molecular formula is C8H13BrN4O4S. The van der Waals surface area contributed by atoms with Gasteiger partial charge in [-0.1, -0.05) is 5.21 Å². The number of rotatable bonds is 5. The average Bonchev–Trinajstić information content (AvgIpc) is 2.57. The summed E-state index contributed by atoms with van der Waals surface area (Å²) in [5.41, 5.74) is 0. The zero-order valence-electron chi connectivity index (χ0n) is 10.0. The van der Waals surface area contributed by atoms with Crippen LogP contribution in [0.5, 0.6) is 0 Å². The molecule has 1 rings (SSSR count). The molecule has 1 atom stereocenters. The Balaban J connectivity index is 2.86. The van der Waals surface area contributed by atoms with E-state index in [0.717, 1.165) is 4.68 Å². The van der Waals surface area contributed by atoms with Gasteiger partial charge >= 0.3 is 5.97 Å². The van der Waals surface area contributed by atoms with Crippen molar-refractivity contribution in [3.8, 4) is 0 Å².